The van der Waals surface area contributed by atoms with E-state index in [-0.39, 0.29) is 43.0 Å². The molecule has 2 aromatic heterocycles. The molecule has 0 unspecified atom stereocenters. The van der Waals surface area contributed by atoms with Gasteiger partial charge < -0.3 is 4.57 Å². The number of hydrogen-bond donors (Lipinski definition) is 0. The first-order valence-electron chi connectivity index (χ1n) is 10.8. The number of fused-ring (bicyclic) bond motifs is 1. The highest BCUT2D eigenvalue weighted by atomic mass is 35.5. The van der Waals surface area contributed by atoms with Crippen molar-refractivity contribution in [3.8, 4) is 0 Å². The summed E-state index contributed by atoms with van der Waals surface area (Å²) in [6, 6.07) is 12.1. The number of carbonyl (C=O) groups excluding carboxylic acids is 3. The summed E-state index contributed by atoms with van der Waals surface area (Å²) in [4.78, 5) is 49.1. The van der Waals surface area contributed by atoms with Crippen molar-refractivity contribution in [2.75, 3.05) is 16.3 Å². The molecule has 0 spiro atoms. The lowest BCUT2D eigenvalue weighted by Gasteiger charge is -2.21. The van der Waals surface area contributed by atoms with Crippen LogP contribution in [0.2, 0.25) is 5.02 Å². The van der Waals surface area contributed by atoms with Crippen LogP contribution in [-0.2, 0) is 16.1 Å². The Morgan fingerprint density at radius 3 is 2.49 bits per heavy atom. The summed E-state index contributed by atoms with van der Waals surface area (Å²) in [6.07, 6.45) is 6.46. The van der Waals surface area contributed by atoms with Crippen LogP contribution >= 0.6 is 35.3 Å². The number of para-hydroxylation sites is 1. The third kappa shape index (κ3) is 5.07. The highest BCUT2D eigenvalue weighted by molar-refractivity contribution is 7.22. The van der Waals surface area contributed by atoms with Crippen LogP contribution in [0.25, 0.3) is 10.2 Å². The second-order valence-corrected chi connectivity index (χ2v) is 9.28. The number of hydrogen-bond acceptors (Lipinski definition) is 6. The number of carbonyl (C=O) groups is 3. The van der Waals surface area contributed by atoms with Gasteiger partial charge in [-0.1, -0.05) is 29.0 Å². The maximum absolute atomic E-state index is 13.6. The van der Waals surface area contributed by atoms with Crippen LogP contribution in [-0.4, -0.2) is 38.8 Å². The zero-order valence-corrected chi connectivity index (χ0v) is 20.9. The Bertz CT molecular complexity index is 1360. The molecule has 180 valence electrons. The SMILES string of the molecule is Cl.O=C(c1ccc(N2C(=O)CCC2=O)cc1)N(CCCn1ccnc1)c1nc2c(Cl)cccc2s1. The Morgan fingerprint density at radius 2 is 1.83 bits per heavy atom. The zero-order valence-electron chi connectivity index (χ0n) is 18.5. The Hall–Kier alpha value is -3.27. The number of halogens is 2. The second kappa shape index (κ2) is 10.6. The zero-order chi connectivity index (χ0) is 23.7. The predicted octanol–water partition coefficient (Wildman–Crippen LogP) is 4.96. The van der Waals surface area contributed by atoms with Crippen molar-refractivity contribution in [2.45, 2.75) is 25.8 Å². The minimum absolute atomic E-state index is 0. The van der Waals surface area contributed by atoms with Gasteiger partial charge in [0.25, 0.3) is 5.91 Å². The normalized spacial score (nSPS) is 13.3. The molecule has 5 rings (SSSR count). The van der Waals surface area contributed by atoms with Gasteiger partial charge in [-0.3, -0.25) is 24.2 Å². The van der Waals surface area contributed by atoms with Gasteiger partial charge in [0, 0.05) is 43.9 Å². The number of thiazole rings is 1. The summed E-state index contributed by atoms with van der Waals surface area (Å²) in [5.41, 5.74) is 1.58. The molecule has 0 bridgehead atoms. The Balaban J connectivity index is 0.00000289. The fraction of sp³-hybridized carbons (Fsp3) is 0.208. The highest BCUT2D eigenvalue weighted by Crippen LogP contribution is 2.34. The van der Waals surface area contributed by atoms with E-state index in [1.807, 2.05) is 22.9 Å². The van der Waals surface area contributed by atoms with Crippen molar-refractivity contribution >= 4 is 74.1 Å². The van der Waals surface area contributed by atoms with Gasteiger partial charge in [0.1, 0.15) is 5.52 Å². The van der Waals surface area contributed by atoms with E-state index >= 15 is 0 Å². The molecule has 0 N–H and O–H groups in total. The van der Waals surface area contributed by atoms with Gasteiger partial charge in [-0.05, 0) is 42.8 Å². The number of benzene rings is 2. The van der Waals surface area contributed by atoms with Crippen molar-refractivity contribution in [1.29, 1.82) is 0 Å². The summed E-state index contributed by atoms with van der Waals surface area (Å²) in [6.45, 7) is 1.15. The molecule has 0 aliphatic carbocycles. The van der Waals surface area contributed by atoms with Crippen molar-refractivity contribution in [3.63, 3.8) is 0 Å². The number of imide groups is 1. The monoisotopic (exact) mass is 529 g/mol. The molecular formula is C24H21Cl2N5O3S. The van der Waals surface area contributed by atoms with Crippen LogP contribution in [0.1, 0.15) is 29.6 Å². The van der Waals surface area contributed by atoms with E-state index in [4.69, 9.17) is 11.6 Å². The largest absolute Gasteiger partial charge is 0.337 e. The fourth-order valence-corrected chi connectivity index (χ4v) is 5.20. The minimum atomic E-state index is -0.225. The Labute approximate surface area is 216 Å². The van der Waals surface area contributed by atoms with E-state index in [9.17, 15) is 14.4 Å². The lowest BCUT2D eigenvalue weighted by molar-refractivity contribution is -0.121. The van der Waals surface area contributed by atoms with Crippen LogP contribution in [0.4, 0.5) is 10.8 Å². The average molecular weight is 530 g/mol. The standard InChI is InChI=1S/C24H20ClN5O3S.ClH/c25-18-3-1-4-19-22(18)27-24(34-19)29(13-2-12-28-14-11-26-15-28)23(33)16-5-7-17(8-6-16)30-20(31)9-10-21(30)32;/h1,3-8,11,14-15H,2,9-10,12-13H2;1H. The molecule has 3 amide bonds. The van der Waals surface area contributed by atoms with Gasteiger partial charge in [-0.2, -0.15) is 0 Å². The lowest BCUT2D eigenvalue weighted by atomic mass is 10.1. The molecule has 1 aliphatic rings. The molecule has 1 fully saturated rings. The van der Waals surface area contributed by atoms with Crippen molar-refractivity contribution < 1.29 is 14.4 Å². The molecule has 0 radical (unpaired) electrons. The van der Waals surface area contributed by atoms with E-state index in [0.717, 1.165) is 4.70 Å². The number of aromatic nitrogens is 3. The highest BCUT2D eigenvalue weighted by Gasteiger charge is 2.30. The first kappa shape index (κ1) is 24.8. The summed E-state index contributed by atoms with van der Waals surface area (Å²) >= 11 is 7.72. The first-order valence-corrected chi connectivity index (χ1v) is 12.0. The Morgan fingerprint density at radius 1 is 1.09 bits per heavy atom. The summed E-state index contributed by atoms with van der Waals surface area (Å²) in [5.74, 6) is -0.667. The van der Waals surface area contributed by atoms with Crippen molar-refractivity contribution in [2.24, 2.45) is 0 Å². The van der Waals surface area contributed by atoms with Crippen molar-refractivity contribution in [3.05, 3.63) is 71.8 Å². The second-order valence-electron chi connectivity index (χ2n) is 7.86. The van der Waals surface area contributed by atoms with Crippen LogP contribution in [0, 0.1) is 0 Å². The van der Waals surface area contributed by atoms with Gasteiger partial charge in [-0.25, -0.2) is 9.97 Å². The third-order valence-electron chi connectivity index (χ3n) is 5.62. The molecule has 11 heteroatoms. The molecule has 0 atom stereocenters. The quantitative estimate of drug-likeness (QED) is 0.315. The van der Waals surface area contributed by atoms with Gasteiger partial charge in [-0.15, -0.1) is 12.4 Å². The van der Waals surface area contributed by atoms with Crippen LogP contribution < -0.4 is 9.80 Å². The average Bonchev–Trinajstić information content (AvgIpc) is 3.58. The number of rotatable bonds is 7. The van der Waals surface area contributed by atoms with E-state index in [1.165, 1.54) is 16.2 Å². The van der Waals surface area contributed by atoms with Gasteiger partial charge in [0.05, 0.1) is 21.7 Å². The molecule has 8 nitrogen and oxygen atoms in total. The number of aryl methyl sites for hydroxylation is 1. The summed E-state index contributed by atoms with van der Waals surface area (Å²) in [7, 11) is 0. The third-order valence-corrected chi connectivity index (χ3v) is 6.96. The van der Waals surface area contributed by atoms with Gasteiger partial charge in [0.15, 0.2) is 5.13 Å². The lowest BCUT2D eigenvalue weighted by Crippen LogP contribution is -2.32. The molecule has 4 aromatic rings. The number of amides is 3. The topological polar surface area (TPSA) is 88.4 Å². The van der Waals surface area contributed by atoms with E-state index in [2.05, 4.69) is 9.97 Å². The molecule has 35 heavy (non-hydrogen) atoms. The maximum atomic E-state index is 13.6. The smallest absolute Gasteiger partial charge is 0.260 e. The molecule has 0 saturated carbocycles. The summed E-state index contributed by atoms with van der Waals surface area (Å²) in [5, 5.41) is 1.10. The number of anilines is 2. The summed E-state index contributed by atoms with van der Waals surface area (Å²) < 4.78 is 2.85. The van der Waals surface area contributed by atoms with Gasteiger partial charge >= 0.3 is 0 Å². The van der Waals surface area contributed by atoms with Crippen LogP contribution in [0.3, 0.4) is 0 Å². The maximum Gasteiger partial charge on any atom is 0.260 e. The first-order chi connectivity index (χ1) is 16.5. The molecule has 2 aromatic carbocycles. The predicted molar refractivity (Wildman–Crippen MR) is 139 cm³/mol. The van der Waals surface area contributed by atoms with E-state index < -0.39 is 0 Å². The molecule has 1 saturated heterocycles. The van der Waals surface area contributed by atoms with Crippen LogP contribution in [0.5, 0.6) is 0 Å². The molecular weight excluding hydrogens is 509 g/mol. The Kier molecular flexibility index (Phi) is 7.49. The van der Waals surface area contributed by atoms with E-state index in [0.29, 0.717) is 46.4 Å². The van der Waals surface area contributed by atoms with Gasteiger partial charge in [0.2, 0.25) is 11.8 Å². The fourth-order valence-electron chi connectivity index (χ4n) is 3.91. The van der Waals surface area contributed by atoms with Crippen molar-refractivity contribution in [1.82, 2.24) is 14.5 Å². The molecule has 1 aliphatic heterocycles. The molecule has 3 heterocycles. The minimum Gasteiger partial charge on any atom is -0.337 e. The number of imidazole rings is 1. The van der Waals surface area contributed by atoms with E-state index in [1.54, 1.807) is 47.8 Å². The van der Waals surface area contributed by atoms with Crippen LogP contribution in [0.15, 0.2) is 61.2 Å². The number of nitrogens with zero attached hydrogens (tertiary/aromatic N) is 5.